The topological polar surface area (TPSA) is 90.6 Å². The highest BCUT2D eigenvalue weighted by Gasteiger charge is 2.26. The van der Waals surface area contributed by atoms with Crippen LogP contribution in [0.25, 0.3) is 11.0 Å². The minimum atomic E-state index is -0.927. The van der Waals surface area contributed by atoms with E-state index in [4.69, 9.17) is 5.11 Å². The predicted molar refractivity (Wildman–Crippen MR) is 121 cm³/mol. The molecule has 3 N–H and O–H groups in total. The van der Waals surface area contributed by atoms with Crippen molar-refractivity contribution < 1.29 is 10.2 Å². The number of para-hydroxylation sites is 2. The number of aliphatic hydroxyl groups is 2. The quantitative estimate of drug-likeness (QED) is 0.516. The molecule has 166 valence electrons. The van der Waals surface area contributed by atoms with E-state index in [0.29, 0.717) is 6.04 Å². The Morgan fingerprint density at radius 2 is 1.97 bits per heavy atom. The van der Waals surface area contributed by atoms with Crippen molar-refractivity contribution >= 4 is 16.9 Å². The van der Waals surface area contributed by atoms with Gasteiger partial charge in [0.25, 0.3) is 5.56 Å². The van der Waals surface area contributed by atoms with Crippen molar-refractivity contribution in [1.29, 1.82) is 0 Å². The van der Waals surface area contributed by atoms with E-state index in [1.165, 1.54) is 25.7 Å². The normalized spacial score (nSPS) is 17.9. The van der Waals surface area contributed by atoms with Crippen LogP contribution in [0.1, 0.15) is 58.4 Å². The lowest BCUT2D eigenvalue weighted by Gasteiger charge is -2.37. The molecule has 1 aromatic heterocycles. The summed E-state index contributed by atoms with van der Waals surface area (Å²) in [6.45, 7) is 6.27. The molecule has 0 saturated carbocycles. The molecule has 2 aromatic rings. The van der Waals surface area contributed by atoms with Crippen LogP contribution in [0, 0.1) is 0 Å². The summed E-state index contributed by atoms with van der Waals surface area (Å²) in [5.41, 5.74) is 1.45. The number of likely N-dealkylation sites (tertiary alicyclic amines) is 1. The van der Waals surface area contributed by atoms with Gasteiger partial charge in [0, 0.05) is 31.7 Å². The van der Waals surface area contributed by atoms with Crippen LogP contribution in [0.4, 0.5) is 5.82 Å². The monoisotopic (exact) mass is 416 g/mol. The summed E-state index contributed by atoms with van der Waals surface area (Å²) in [4.78, 5) is 20.3. The number of benzene rings is 1. The SMILES string of the molecule is CCCCCC(C)N1CCC(n2c(=O)c(NC[C@H](O)CO)nc3ccccc32)CC1. The van der Waals surface area contributed by atoms with Gasteiger partial charge in [0.1, 0.15) is 0 Å². The van der Waals surface area contributed by atoms with Crippen LogP contribution in [0.15, 0.2) is 29.1 Å². The maximum absolute atomic E-state index is 13.3. The Balaban J connectivity index is 1.78. The molecular formula is C23H36N4O3. The number of rotatable bonds is 10. The smallest absolute Gasteiger partial charge is 0.294 e. The first-order valence-corrected chi connectivity index (χ1v) is 11.3. The summed E-state index contributed by atoms with van der Waals surface area (Å²) >= 11 is 0. The highest BCUT2D eigenvalue weighted by atomic mass is 16.3. The number of unbranched alkanes of at least 4 members (excludes halogenated alkanes) is 2. The average Bonchev–Trinajstić information content (AvgIpc) is 2.77. The van der Waals surface area contributed by atoms with Crippen molar-refractivity contribution in [1.82, 2.24) is 14.5 Å². The van der Waals surface area contributed by atoms with Gasteiger partial charge in [-0.15, -0.1) is 0 Å². The molecule has 2 heterocycles. The van der Waals surface area contributed by atoms with Gasteiger partial charge in [-0.25, -0.2) is 4.98 Å². The number of piperidine rings is 1. The average molecular weight is 417 g/mol. The summed E-state index contributed by atoms with van der Waals surface area (Å²) in [6.07, 6.45) is 6.00. The van der Waals surface area contributed by atoms with E-state index in [2.05, 4.69) is 29.0 Å². The standard InChI is InChI=1S/C23H36N4O3/c1-3-4-5-8-17(2)26-13-11-18(12-14-26)27-21-10-7-6-9-20(21)25-22(23(27)30)24-15-19(29)16-28/h6-7,9-10,17-19,28-29H,3-5,8,11-16H2,1-2H3,(H,24,25)/t17?,19-/m0/s1. The van der Waals surface area contributed by atoms with Gasteiger partial charge in [-0.3, -0.25) is 4.79 Å². The van der Waals surface area contributed by atoms with Crippen molar-refractivity contribution in [2.45, 2.75) is 70.6 Å². The number of hydrogen-bond acceptors (Lipinski definition) is 6. The molecule has 0 radical (unpaired) electrons. The number of aromatic nitrogens is 2. The van der Waals surface area contributed by atoms with Gasteiger partial charge in [-0.05, 0) is 38.3 Å². The first-order chi connectivity index (χ1) is 14.5. The highest BCUT2D eigenvalue weighted by Crippen LogP contribution is 2.27. The first kappa shape index (κ1) is 22.7. The van der Waals surface area contributed by atoms with Gasteiger partial charge in [0.2, 0.25) is 0 Å². The van der Waals surface area contributed by atoms with Gasteiger partial charge in [0.05, 0.1) is 23.7 Å². The number of hydrogen-bond donors (Lipinski definition) is 3. The molecule has 1 aliphatic heterocycles. The molecular weight excluding hydrogens is 380 g/mol. The molecule has 1 fully saturated rings. The molecule has 1 aliphatic rings. The Bertz CT molecular complexity index is 861. The van der Waals surface area contributed by atoms with Crippen LogP contribution < -0.4 is 10.9 Å². The van der Waals surface area contributed by atoms with Crippen molar-refractivity contribution in [2.24, 2.45) is 0 Å². The van der Waals surface area contributed by atoms with E-state index in [1.807, 2.05) is 28.8 Å². The molecule has 0 aliphatic carbocycles. The Morgan fingerprint density at radius 3 is 2.67 bits per heavy atom. The third-order valence-corrected chi connectivity index (χ3v) is 6.22. The number of nitrogens with zero attached hydrogens (tertiary/aromatic N) is 3. The van der Waals surface area contributed by atoms with Gasteiger partial charge in [-0.1, -0.05) is 38.3 Å². The van der Waals surface area contributed by atoms with Crippen LogP contribution in [-0.4, -0.2) is 63.1 Å². The molecule has 0 bridgehead atoms. The molecule has 1 unspecified atom stereocenters. The third-order valence-electron chi connectivity index (χ3n) is 6.22. The fraction of sp³-hybridized carbons (Fsp3) is 0.652. The lowest BCUT2D eigenvalue weighted by Crippen LogP contribution is -2.42. The van der Waals surface area contributed by atoms with Crippen LogP contribution in [0.2, 0.25) is 0 Å². The zero-order valence-corrected chi connectivity index (χ0v) is 18.3. The minimum Gasteiger partial charge on any atom is -0.394 e. The molecule has 0 amide bonds. The van der Waals surface area contributed by atoms with E-state index in [9.17, 15) is 9.90 Å². The lowest BCUT2D eigenvalue weighted by atomic mass is 10.0. The number of fused-ring (bicyclic) bond motifs is 1. The Kier molecular flexibility index (Phi) is 8.24. The zero-order valence-electron chi connectivity index (χ0n) is 18.3. The summed E-state index contributed by atoms with van der Waals surface area (Å²) < 4.78 is 1.88. The molecule has 7 heteroatoms. The summed E-state index contributed by atoms with van der Waals surface area (Å²) in [7, 11) is 0. The zero-order chi connectivity index (χ0) is 21.5. The summed E-state index contributed by atoms with van der Waals surface area (Å²) in [6, 6.07) is 8.43. The fourth-order valence-corrected chi connectivity index (χ4v) is 4.37. The maximum Gasteiger partial charge on any atom is 0.294 e. The van der Waals surface area contributed by atoms with E-state index in [-0.39, 0.29) is 30.6 Å². The second kappa shape index (κ2) is 10.9. The Hall–Kier alpha value is -1.96. The van der Waals surface area contributed by atoms with Crippen molar-refractivity contribution in [2.75, 3.05) is 31.6 Å². The van der Waals surface area contributed by atoms with Crippen LogP contribution in [0.5, 0.6) is 0 Å². The van der Waals surface area contributed by atoms with Crippen LogP contribution in [0.3, 0.4) is 0 Å². The summed E-state index contributed by atoms with van der Waals surface area (Å²) in [5.74, 6) is 0.233. The molecule has 0 spiro atoms. The molecule has 3 rings (SSSR count). The van der Waals surface area contributed by atoms with E-state index in [0.717, 1.165) is 37.0 Å². The minimum absolute atomic E-state index is 0.0881. The van der Waals surface area contributed by atoms with Crippen molar-refractivity contribution in [3.8, 4) is 0 Å². The van der Waals surface area contributed by atoms with Crippen molar-refractivity contribution in [3.63, 3.8) is 0 Å². The van der Waals surface area contributed by atoms with Gasteiger partial charge >= 0.3 is 0 Å². The number of aliphatic hydroxyl groups excluding tert-OH is 2. The number of anilines is 1. The van der Waals surface area contributed by atoms with E-state index >= 15 is 0 Å². The second-order valence-corrected chi connectivity index (χ2v) is 8.45. The number of nitrogens with one attached hydrogen (secondary N) is 1. The Labute approximate surface area is 178 Å². The van der Waals surface area contributed by atoms with Gasteiger partial charge in [-0.2, -0.15) is 0 Å². The first-order valence-electron chi connectivity index (χ1n) is 11.3. The molecule has 7 nitrogen and oxygen atoms in total. The molecule has 30 heavy (non-hydrogen) atoms. The second-order valence-electron chi connectivity index (χ2n) is 8.45. The summed E-state index contributed by atoms with van der Waals surface area (Å²) in [5, 5.41) is 21.6. The van der Waals surface area contributed by atoms with Gasteiger partial charge in [0.15, 0.2) is 5.82 Å². The molecule has 1 saturated heterocycles. The third kappa shape index (κ3) is 5.39. The fourth-order valence-electron chi connectivity index (χ4n) is 4.37. The highest BCUT2D eigenvalue weighted by molar-refractivity contribution is 5.76. The maximum atomic E-state index is 13.3. The molecule has 1 aromatic carbocycles. The van der Waals surface area contributed by atoms with E-state index in [1.54, 1.807) is 0 Å². The van der Waals surface area contributed by atoms with Crippen LogP contribution >= 0.6 is 0 Å². The van der Waals surface area contributed by atoms with Gasteiger partial charge < -0.3 is 25.0 Å². The predicted octanol–water partition coefficient (Wildman–Crippen LogP) is 2.77. The largest absolute Gasteiger partial charge is 0.394 e. The Morgan fingerprint density at radius 1 is 1.23 bits per heavy atom. The van der Waals surface area contributed by atoms with Crippen molar-refractivity contribution in [3.05, 3.63) is 34.6 Å². The van der Waals surface area contributed by atoms with E-state index < -0.39 is 6.10 Å². The van der Waals surface area contributed by atoms with Crippen LogP contribution in [-0.2, 0) is 0 Å². The lowest BCUT2D eigenvalue weighted by molar-refractivity contribution is 0.105. The molecule has 2 atom stereocenters.